The molecule has 0 aliphatic rings. The van der Waals surface area contributed by atoms with E-state index >= 15 is 0 Å². The van der Waals surface area contributed by atoms with Crippen molar-refractivity contribution in [2.45, 2.75) is 6.92 Å². The maximum absolute atomic E-state index is 13.6. The summed E-state index contributed by atoms with van der Waals surface area (Å²) in [6.07, 6.45) is 1.67. The Morgan fingerprint density at radius 3 is 2.81 bits per heavy atom. The fourth-order valence-corrected chi connectivity index (χ4v) is 2.02. The average molecular weight is 282 g/mol. The zero-order chi connectivity index (χ0) is 15.0. The molecule has 0 atom stereocenters. The molecule has 0 aliphatic carbocycles. The van der Waals surface area contributed by atoms with Crippen molar-refractivity contribution >= 4 is 0 Å². The number of benzene rings is 1. The minimum atomic E-state index is -0.315. The normalized spacial score (nSPS) is 10.6. The lowest BCUT2D eigenvalue weighted by Crippen LogP contribution is -1.89. The van der Waals surface area contributed by atoms with Crippen molar-refractivity contribution in [1.29, 1.82) is 5.26 Å². The molecule has 2 aromatic heterocycles. The van der Waals surface area contributed by atoms with Crippen LogP contribution in [0, 0.1) is 24.1 Å². The first-order valence-electron chi connectivity index (χ1n) is 6.25. The largest absolute Gasteiger partial charge is 0.345 e. The van der Waals surface area contributed by atoms with Gasteiger partial charge >= 0.3 is 0 Å². The van der Waals surface area contributed by atoms with E-state index in [0.29, 0.717) is 28.2 Å². The first-order chi connectivity index (χ1) is 10.1. The third-order valence-corrected chi connectivity index (χ3v) is 3.21. The maximum Gasteiger partial charge on any atom is 0.274 e. The minimum Gasteiger partial charge on any atom is -0.345 e. The van der Waals surface area contributed by atoms with E-state index in [9.17, 15) is 4.39 Å². The van der Waals surface area contributed by atoms with E-state index in [1.54, 1.807) is 42.9 Å². The summed E-state index contributed by atoms with van der Waals surface area (Å²) in [5, 5.41) is 12.8. The van der Waals surface area contributed by atoms with Gasteiger partial charge in [-0.2, -0.15) is 10.2 Å². The van der Waals surface area contributed by atoms with Crippen LogP contribution in [0.25, 0.3) is 23.0 Å². The van der Waals surface area contributed by atoms with Gasteiger partial charge in [-0.3, -0.25) is 0 Å². The Kier molecular flexibility index (Phi) is 3.03. The molecule has 0 amide bonds. The Morgan fingerprint density at radius 2 is 2.14 bits per heavy atom. The van der Waals surface area contributed by atoms with Crippen molar-refractivity contribution < 1.29 is 8.91 Å². The molecule has 3 aromatic rings. The fourth-order valence-electron chi connectivity index (χ4n) is 2.02. The van der Waals surface area contributed by atoms with Gasteiger partial charge in [-0.15, -0.1) is 0 Å². The number of nitrogens with zero attached hydrogens (tertiary/aromatic N) is 4. The second-order valence-electron chi connectivity index (χ2n) is 4.72. The smallest absolute Gasteiger partial charge is 0.274 e. The van der Waals surface area contributed by atoms with Crippen molar-refractivity contribution in [2.75, 3.05) is 0 Å². The van der Waals surface area contributed by atoms with Gasteiger partial charge in [0.2, 0.25) is 5.82 Å². The Morgan fingerprint density at radius 1 is 1.33 bits per heavy atom. The molecule has 0 fully saturated rings. The molecule has 0 saturated heterocycles. The Hall–Kier alpha value is -2.94. The van der Waals surface area contributed by atoms with Gasteiger partial charge in [0, 0.05) is 18.8 Å². The molecule has 0 bridgehead atoms. The van der Waals surface area contributed by atoms with E-state index in [2.05, 4.69) is 10.1 Å². The van der Waals surface area contributed by atoms with Crippen molar-refractivity contribution in [3.8, 4) is 29.0 Å². The van der Waals surface area contributed by atoms with Crippen molar-refractivity contribution in [1.82, 2.24) is 14.7 Å². The van der Waals surface area contributed by atoms with Crippen molar-refractivity contribution in [2.24, 2.45) is 7.05 Å². The summed E-state index contributed by atoms with van der Waals surface area (Å²) in [4.78, 5) is 4.26. The first kappa shape index (κ1) is 13.1. The molecule has 6 heteroatoms. The van der Waals surface area contributed by atoms with E-state index in [-0.39, 0.29) is 11.7 Å². The van der Waals surface area contributed by atoms with Crippen LogP contribution in [0.15, 0.2) is 35.0 Å². The highest BCUT2D eigenvalue weighted by Crippen LogP contribution is 2.24. The molecule has 0 N–H and O–H groups in total. The lowest BCUT2D eigenvalue weighted by Gasteiger charge is -1.98. The van der Waals surface area contributed by atoms with Crippen LogP contribution in [0.5, 0.6) is 0 Å². The molecular formula is C15H11FN4O. The van der Waals surface area contributed by atoms with Gasteiger partial charge < -0.3 is 9.09 Å². The van der Waals surface area contributed by atoms with Crippen LogP contribution in [-0.2, 0) is 7.05 Å². The molecular weight excluding hydrogens is 271 g/mol. The number of rotatable bonds is 2. The third-order valence-electron chi connectivity index (χ3n) is 3.21. The second kappa shape index (κ2) is 4.87. The highest BCUT2D eigenvalue weighted by Gasteiger charge is 2.15. The van der Waals surface area contributed by atoms with Gasteiger partial charge in [-0.05, 0) is 24.6 Å². The van der Waals surface area contributed by atoms with Gasteiger partial charge in [0.05, 0.1) is 5.56 Å². The standard InChI is InChI=1S/C15H11FN4O/c1-9-3-4-11(6-12(9)16)14-18-15(21-19-14)13-5-10(7-17)8-20(13)2/h3-6,8H,1-2H3. The maximum atomic E-state index is 13.6. The van der Waals surface area contributed by atoms with Gasteiger partial charge in [0.15, 0.2) is 0 Å². The van der Waals surface area contributed by atoms with E-state index < -0.39 is 0 Å². The number of aryl methyl sites for hydroxylation is 2. The van der Waals surface area contributed by atoms with E-state index in [0.717, 1.165) is 0 Å². The van der Waals surface area contributed by atoms with Crippen LogP contribution in [0.3, 0.4) is 0 Å². The van der Waals surface area contributed by atoms with Gasteiger partial charge in [0.25, 0.3) is 5.89 Å². The minimum absolute atomic E-state index is 0.287. The number of hydrogen-bond acceptors (Lipinski definition) is 4. The predicted octanol–water partition coefficient (Wildman–Crippen LogP) is 3.06. The molecule has 0 radical (unpaired) electrons. The summed E-state index contributed by atoms with van der Waals surface area (Å²) in [5.74, 6) is 0.281. The Labute approximate surface area is 120 Å². The molecule has 2 heterocycles. The van der Waals surface area contributed by atoms with Gasteiger partial charge in [-0.25, -0.2) is 4.39 Å². The number of halogens is 1. The summed E-state index contributed by atoms with van der Waals surface area (Å²) >= 11 is 0. The molecule has 0 spiro atoms. The summed E-state index contributed by atoms with van der Waals surface area (Å²) in [5.41, 5.74) is 2.25. The van der Waals surface area contributed by atoms with Gasteiger partial charge in [-0.1, -0.05) is 17.3 Å². The molecule has 0 aliphatic heterocycles. The van der Waals surface area contributed by atoms with Crippen LogP contribution in [-0.4, -0.2) is 14.7 Å². The average Bonchev–Trinajstić information content (AvgIpc) is 3.08. The lowest BCUT2D eigenvalue weighted by atomic mass is 10.1. The van der Waals surface area contributed by atoms with Crippen LogP contribution in [0.4, 0.5) is 4.39 Å². The Balaban J connectivity index is 2.01. The number of hydrogen-bond donors (Lipinski definition) is 0. The second-order valence-corrected chi connectivity index (χ2v) is 4.72. The molecule has 5 nitrogen and oxygen atoms in total. The SMILES string of the molecule is Cc1ccc(-c2noc(-c3cc(C#N)cn3C)n2)cc1F. The van der Waals surface area contributed by atoms with Crippen LogP contribution in [0.1, 0.15) is 11.1 Å². The van der Waals surface area contributed by atoms with E-state index in [1.165, 1.54) is 6.07 Å². The summed E-state index contributed by atoms with van der Waals surface area (Å²) in [6.45, 7) is 1.69. The quantitative estimate of drug-likeness (QED) is 0.724. The summed E-state index contributed by atoms with van der Waals surface area (Å²) in [7, 11) is 1.78. The van der Waals surface area contributed by atoms with Crippen LogP contribution in [0.2, 0.25) is 0 Å². The number of aromatic nitrogens is 3. The molecule has 1 aromatic carbocycles. The highest BCUT2D eigenvalue weighted by atomic mass is 19.1. The molecule has 3 rings (SSSR count). The van der Waals surface area contributed by atoms with Gasteiger partial charge in [0.1, 0.15) is 17.6 Å². The lowest BCUT2D eigenvalue weighted by molar-refractivity contribution is 0.429. The van der Waals surface area contributed by atoms with E-state index in [1.807, 2.05) is 6.07 Å². The fraction of sp³-hybridized carbons (Fsp3) is 0.133. The van der Waals surface area contributed by atoms with Crippen LogP contribution >= 0.6 is 0 Å². The number of nitriles is 1. The van der Waals surface area contributed by atoms with E-state index in [4.69, 9.17) is 9.78 Å². The first-order valence-corrected chi connectivity index (χ1v) is 6.25. The third kappa shape index (κ3) is 2.30. The molecule has 0 unspecified atom stereocenters. The zero-order valence-corrected chi connectivity index (χ0v) is 11.5. The summed E-state index contributed by atoms with van der Waals surface area (Å²) < 4.78 is 20.5. The highest BCUT2D eigenvalue weighted by molar-refractivity contribution is 5.59. The van der Waals surface area contributed by atoms with Crippen molar-refractivity contribution in [3.63, 3.8) is 0 Å². The molecule has 104 valence electrons. The predicted molar refractivity (Wildman–Crippen MR) is 73.6 cm³/mol. The Bertz CT molecular complexity index is 857. The van der Waals surface area contributed by atoms with Crippen LogP contribution < -0.4 is 0 Å². The monoisotopic (exact) mass is 282 g/mol. The zero-order valence-electron chi connectivity index (χ0n) is 11.5. The molecule has 0 saturated carbocycles. The summed E-state index contributed by atoms with van der Waals surface area (Å²) in [6, 6.07) is 8.48. The van der Waals surface area contributed by atoms with Crippen molar-refractivity contribution in [3.05, 3.63) is 47.4 Å². The topological polar surface area (TPSA) is 67.6 Å². The molecule has 21 heavy (non-hydrogen) atoms.